The van der Waals surface area contributed by atoms with Crippen molar-refractivity contribution in [1.82, 2.24) is 14.9 Å². The first-order valence-electron chi connectivity index (χ1n) is 7.53. The second-order valence-corrected chi connectivity index (χ2v) is 6.17. The van der Waals surface area contributed by atoms with Gasteiger partial charge in [-0.15, -0.1) is 11.3 Å². The number of hydrogen-bond donors (Lipinski definition) is 1. The average molecular weight is 291 g/mol. The van der Waals surface area contributed by atoms with Crippen molar-refractivity contribution in [3.8, 4) is 0 Å². The Hall–Kier alpha value is -1.13. The zero-order valence-corrected chi connectivity index (χ0v) is 13.5. The van der Waals surface area contributed by atoms with E-state index in [0.29, 0.717) is 6.04 Å². The topological polar surface area (TPSA) is 29.9 Å². The molecule has 0 saturated heterocycles. The normalized spacial score (nSPS) is 12.8. The minimum atomic E-state index is 0.465. The fourth-order valence-electron chi connectivity index (χ4n) is 2.47. The maximum absolute atomic E-state index is 4.69. The number of nitrogens with one attached hydrogen (secondary N) is 1. The van der Waals surface area contributed by atoms with Crippen LogP contribution in [0.5, 0.6) is 0 Å². The molecule has 0 saturated carbocycles. The van der Waals surface area contributed by atoms with Crippen molar-refractivity contribution in [2.75, 3.05) is 7.05 Å². The van der Waals surface area contributed by atoms with E-state index in [1.807, 2.05) is 7.05 Å². The molecule has 2 rings (SSSR count). The minimum Gasteiger partial charge on any atom is -0.348 e. The third-order valence-electron chi connectivity index (χ3n) is 3.51. The predicted molar refractivity (Wildman–Crippen MR) is 86.4 cm³/mol. The van der Waals surface area contributed by atoms with E-state index in [1.165, 1.54) is 35.5 Å². The molecule has 0 aromatic carbocycles. The van der Waals surface area contributed by atoms with Crippen LogP contribution in [-0.4, -0.2) is 16.6 Å². The third kappa shape index (κ3) is 3.93. The van der Waals surface area contributed by atoms with Gasteiger partial charge in [-0.25, -0.2) is 4.98 Å². The number of aromatic nitrogens is 2. The van der Waals surface area contributed by atoms with Gasteiger partial charge in [-0.2, -0.15) is 0 Å². The molecule has 0 aliphatic rings. The van der Waals surface area contributed by atoms with Gasteiger partial charge in [0.25, 0.3) is 0 Å². The number of aryl methyl sites for hydroxylation is 1. The number of hydrogen-bond acceptors (Lipinski definition) is 3. The van der Waals surface area contributed by atoms with E-state index in [0.717, 1.165) is 13.0 Å². The molecule has 20 heavy (non-hydrogen) atoms. The second kappa shape index (κ2) is 7.60. The molecule has 0 aliphatic heterocycles. The maximum Gasteiger partial charge on any atom is 0.0928 e. The maximum atomic E-state index is 4.69. The Labute approximate surface area is 126 Å². The van der Waals surface area contributed by atoms with Crippen LogP contribution in [0.4, 0.5) is 0 Å². The Bertz CT molecular complexity index is 515. The van der Waals surface area contributed by atoms with E-state index in [-0.39, 0.29) is 0 Å². The van der Waals surface area contributed by atoms with Crippen molar-refractivity contribution in [2.24, 2.45) is 0 Å². The lowest BCUT2D eigenvalue weighted by Crippen LogP contribution is -2.15. The lowest BCUT2D eigenvalue weighted by Gasteiger charge is -2.13. The van der Waals surface area contributed by atoms with Gasteiger partial charge in [0.15, 0.2) is 0 Å². The van der Waals surface area contributed by atoms with Crippen LogP contribution in [0.2, 0.25) is 0 Å². The second-order valence-electron chi connectivity index (χ2n) is 5.23. The van der Waals surface area contributed by atoms with Gasteiger partial charge >= 0.3 is 0 Å². The van der Waals surface area contributed by atoms with Crippen molar-refractivity contribution in [3.63, 3.8) is 0 Å². The molecule has 0 aliphatic carbocycles. The predicted octanol–water partition coefficient (Wildman–Crippen LogP) is 4.01. The molecule has 0 radical (unpaired) electrons. The molecule has 0 fully saturated rings. The molecule has 2 aromatic heterocycles. The summed E-state index contributed by atoms with van der Waals surface area (Å²) in [5.74, 6) is 0. The molecule has 1 unspecified atom stereocenters. The van der Waals surface area contributed by atoms with E-state index in [4.69, 9.17) is 0 Å². The Morgan fingerprint density at radius 3 is 2.90 bits per heavy atom. The molecular formula is C16H25N3S. The van der Waals surface area contributed by atoms with E-state index in [2.05, 4.69) is 52.6 Å². The first kappa shape index (κ1) is 15.3. The summed E-state index contributed by atoms with van der Waals surface area (Å²) in [6, 6.07) is 2.68. The van der Waals surface area contributed by atoms with Crippen molar-refractivity contribution in [3.05, 3.63) is 40.1 Å². The van der Waals surface area contributed by atoms with Gasteiger partial charge < -0.3 is 9.88 Å². The van der Waals surface area contributed by atoms with Crippen molar-refractivity contribution in [2.45, 2.75) is 52.1 Å². The summed E-state index contributed by atoms with van der Waals surface area (Å²) < 4.78 is 2.24. The molecular weight excluding hydrogens is 266 g/mol. The van der Waals surface area contributed by atoms with Crippen molar-refractivity contribution in [1.29, 1.82) is 0 Å². The smallest absolute Gasteiger partial charge is 0.0928 e. The van der Waals surface area contributed by atoms with Crippen LogP contribution in [0.25, 0.3) is 0 Å². The largest absolute Gasteiger partial charge is 0.348 e. The van der Waals surface area contributed by atoms with Crippen LogP contribution >= 0.6 is 11.3 Å². The molecule has 1 N–H and O–H groups in total. The molecule has 2 aromatic rings. The molecule has 0 spiro atoms. The highest BCUT2D eigenvalue weighted by molar-refractivity contribution is 7.09. The summed E-state index contributed by atoms with van der Waals surface area (Å²) in [5.41, 5.74) is 2.55. The molecule has 110 valence electrons. The van der Waals surface area contributed by atoms with Gasteiger partial charge in [0, 0.05) is 23.8 Å². The standard InChI is InChI=1S/C16H25N3S/c1-4-6-15(17-3)13-8-9-19(10-13)11-14-12-20-16(18-14)7-5-2/h8-10,12,15,17H,4-7,11H2,1-3H3. The number of rotatable bonds is 8. The lowest BCUT2D eigenvalue weighted by molar-refractivity contribution is 0.540. The fraction of sp³-hybridized carbons (Fsp3) is 0.562. The van der Waals surface area contributed by atoms with E-state index >= 15 is 0 Å². The Balaban J connectivity index is 2.01. The van der Waals surface area contributed by atoms with Crippen molar-refractivity contribution < 1.29 is 0 Å². The Morgan fingerprint density at radius 1 is 1.35 bits per heavy atom. The van der Waals surface area contributed by atoms with Crippen LogP contribution in [-0.2, 0) is 13.0 Å². The molecule has 0 amide bonds. The summed E-state index contributed by atoms with van der Waals surface area (Å²) in [6.45, 7) is 5.31. The third-order valence-corrected chi connectivity index (χ3v) is 4.47. The van der Waals surface area contributed by atoms with E-state index < -0.39 is 0 Å². The summed E-state index contributed by atoms with van der Waals surface area (Å²) in [4.78, 5) is 4.69. The van der Waals surface area contributed by atoms with Gasteiger partial charge in [-0.05, 0) is 37.9 Å². The monoisotopic (exact) mass is 291 g/mol. The average Bonchev–Trinajstić information content (AvgIpc) is 3.07. The summed E-state index contributed by atoms with van der Waals surface area (Å²) in [6.07, 6.45) is 9.05. The summed E-state index contributed by atoms with van der Waals surface area (Å²) in [7, 11) is 2.04. The first-order chi connectivity index (χ1) is 9.76. The summed E-state index contributed by atoms with van der Waals surface area (Å²) in [5, 5.41) is 6.84. The van der Waals surface area contributed by atoms with Crippen molar-refractivity contribution >= 4 is 11.3 Å². The molecule has 0 bridgehead atoms. The Morgan fingerprint density at radius 2 is 2.20 bits per heavy atom. The number of thiazole rings is 1. The highest BCUT2D eigenvalue weighted by atomic mass is 32.1. The summed E-state index contributed by atoms with van der Waals surface area (Å²) >= 11 is 1.78. The zero-order valence-electron chi connectivity index (χ0n) is 12.7. The quantitative estimate of drug-likeness (QED) is 0.796. The molecule has 3 nitrogen and oxygen atoms in total. The highest BCUT2D eigenvalue weighted by Crippen LogP contribution is 2.19. The van der Waals surface area contributed by atoms with Gasteiger partial charge in [0.1, 0.15) is 0 Å². The van der Waals surface area contributed by atoms with Gasteiger partial charge in [-0.1, -0.05) is 20.3 Å². The van der Waals surface area contributed by atoms with Crippen LogP contribution in [0.3, 0.4) is 0 Å². The van der Waals surface area contributed by atoms with Crippen LogP contribution in [0.1, 0.15) is 55.4 Å². The lowest BCUT2D eigenvalue weighted by atomic mass is 10.1. The van der Waals surface area contributed by atoms with Gasteiger partial charge in [-0.3, -0.25) is 0 Å². The van der Waals surface area contributed by atoms with Crippen LogP contribution in [0.15, 0.2) is 23.8 Å². The van der Waals surface area contributed by atoms with Gasteiger partial charge in [0.2, 0.25) is 0 Å². The van der Waals surface area contributed by atoms with E-state index in [1.54, 1.807) is 11.3 Å². The van der Waals surface area contributed by atoms with Crippen LogP contribution < -0.4 is 5.32 Å². The van der Waals surface area contributed by atoms with Crippen LogP contribution in [0, 0.1) is 0 Å². The minimum absolute atomic E-state index is 0.465. The van der Waals surface area contributed by atoms with Gasteiger partial charge in [0.05, 0.1) is 17.2 Å². The number of nitrogens with zero attached hydrogens (tertiary/aromatic N) is 2. The zero-order chi connectivity index (χ0) is 14.4. The first-order valence-corrected chi connectivity index (χ1v) is 8.41. The fourth-order valence-corrected chi connectivity index (χ4v) is 3.36. The molecule has 1 atom stereocenters. The highest BCUT2D eigenvalue weighted by Gasteiger charge is 2.10. The SMILES string of the molecule is CCCc1nc(Cn2ccc(C(CCC)NC)c2)cs1. The molecule has 2 heterocycles. The molecule has 4 heteroatoms. The Kier molecular flexibility index (Phi) is 5.80. The van der Waals surface area contributed by atoms with E-state index in [9.17, 15) is 0 Å².